The minimum Gasteiger partial charge on any atom is -0.480 e. The fraction of sp³-hybridized carbons (Fsp3) is 0.261. The normalized spacial score (nSPS) is 12.2. The Morgan fingerprint density at radius 2 is 1.74 bits per heavy atom. The number of nitrogens with one attached hydrogen (secondary N) is 3. The van der Waals surface area contributed by atoms with Crippen LogP contribution in [0.4, 0.5) is 4.79 Å². The topological polar surface area (TPSA) is 121 Å². The van der Waals surface area contributed by atoms with Crippen molar-refractivity contribution >= 4 is 28.9 Å². The van der Waals surface area contributed by atoms with Gasteiger partial charge in [0.2, 0.25) is 5.91 Å². The van der Waals surface area contributed by atoms with Crippen LogP contribution < -0.4 is 10.6 Å². The van der Waals surface area contributed by atoms with Gasteiger partial charge >= 0.3 is 12.1 Å². The number of amides is 2. The Morgan fingerprint density at radius 3 is 2.45 bits per heavy atom. The molecule has 4 N–H and O–H groups in total. The van der Waals surface area contributed by atoms with E-state index in [-0.39, 0.29) is 13.0 Å². The molecule has 0 radical (unpaired) electrons. The van der Waals surface area contributed by atoms with Crippen LogP contribution in [0.25, 0.3) is 10.9 Å². The van der Waals surface area contributed by atoms with Crippen LogP contribution in [0.3, 0.4) is 0 Å². The zero-order valence-electron chi connectivity index (χ0n) is 17.3. The van der Waals surface area contributed by atoms with Gasteiger partial charge in [0.25, 0.3) is 0 Å². The Morgan fingerprint density at radius 1 is 1.06 bits per heavy atom. The van der Waals surface area contributed by atoms with Crippen LogP contribution in [0.15, 0.2) is 60.8 Å². The number of carboxylic acids is 1. The van der Waals surface area contributed by atoms with Gasteiger partial charge in [-0.05, 0) is 31.0 Å². The van der Waals surface area contributed by atoms with E-state index in [0.29, 0.717) is 0 Å². The SMILES string of the molecule is CC(C)(NC(=O)OCc1ccccc1)C(=O)NC(Cc1c[nH]c2ccccc12)C(=O)O. The lowest BCUT2D eigenvalue weighted by Gasteiger charge is -2.26. The minimum atomic E-state index is -1.37. The number of H-pyrrole nitrogens is 1. The summed E-state index contributed by atoms with van der Waals surface area (Å²) in [4.78, 5) is 39.7. The van der Waals surface area contributed by atoms with E-state index in [1.54, 1.807) is 6.20 Å². The van der Waals surface area contributed by atoms with Gasteiger partial charge in [0, 0.05) is 23.5 Å². The molecule has 3 aromatic rings. The summed E-state index contributed by atoms with van der Waals surface area (Å²) in [5.74, 6) is -1.79. The predicted octanol–water partition coefficient (Wildman–Crippen LogP) is 2.98. The second-order valence-corrected chi connectivity index (χ2v) is 7.74. The van der Waals surface area contributed by atoms with Crippen LogP contribution in [-0.2, 0) is 27.4 Å². The highest BCUT2D eigenvalue weighted by atomic mass is 16.5. The summed E-state index contributed by atoms with van der Waals surface area (Å²) in [6.07, 6.45) is 1.06. The van der Waals surface area contributed by atoms with Crippen molar-refractivity contribution in [3.8, 4) is 0 Å². The van der Waals surface area contributed by atoms with Crippen molar-refractivity contribution in [3.05, 3.63) is 71.9 Å². The number of carboxylic acid groups (broad SMARTS) is 1. The summed E-state index contributed by atoms with van der Waals surface area (Å²) < 4.78 is 5.15. The number of alkyl carbamates (subject to hydrolysis) is 1. The van der Waals surface area contributed by atoms with Crippen molar-refractivity contribution in [2.75, 3.05) is 0 Å². The highest BCUT2D eigenvalue weighted by molar-refractivity contribution is 5.92. The van der Waals surface area contributed by atoms with Crippen molar-refractivity contribution in [1.82, 2.24) is 15.6 Å². The molecule has 31 heavy (non-hydrogen) atoms. The molecule has 1 heterocycles. The molecule has 0 aliphatic rings. The maximum atomic E-state index is 12.7. The van der Waals surface area contributed by atoms with Crippen LogP contribution in [0.5, 0.6) is 0 Å². The molecule has 0 saturated heterocycles. The zero-order valence-corrected chi connectivity index (χ0v) is 17.3. The lowest BCUT2D eigenvalue weighted by atomic mass is 10.0. The number of ether oxygens (including phenoxy) is 1. The zero-order chi connectivity index (χ0) is 22.4. The number of aromatic nitrogens is 1. The summed E-state index contributed by atoms with van der Waals surface area (Å²) in [6, 6.07) is 15.5. The largest absolute Gasteiger partial charge is 0.480 e. The van der Waals surface area contributed by atoms with Gasteiger partial charge in [-0.25, -0.2) is 9.59 Å². The fourth-order valence-corrected chi connectivity index (χ4v) is 3.13. The third-order valence-corrected chi connectivity index (χ3v) is 4.90. The smallest absolute Gasteiger partial charge is 0.408 e. The van der Waals surface area contributed by atoms with E-state index in [9.17, 15) is 19.5 Å². The molecule has 2 amide bonds. The average molecular weight is 423 g/mol. The van der Waals surface area contributed by atoms with E-state index < -0.39 is 29.6 Å². The van der Waals surface area contributed by atoms with E-state index >= 15 is 0 Å². The Balaban J connectivity index is 1.61. The van der Waals surface area contributed by atoms with Crippen molar-refractivity contribution in [2.24, 2.45) is 0 Å². The molecule has 0 aliphatic heterocycles. The van der Waals surface area contributed by atoms with Crippen LogP contribution >= 0.6 is 0 Å². The molecule has 0 bridgehead atoms. The second kappa shape index (κ2) is 9.34. The average Bonchev–Trinajstić information content (AvgIpc) is 3.15. The summed E-state index contributed by atoms with van der Waals surface area (Å²) in [6.45, 7) is 3.02. The number of rotatable bonds is 8. The lowest BCUT2D eigenvalue weighted by Crippen LogP contribution is -2.58. The van der Waals surface area contributed by atoms with Crippen molar-refractivity contribution in [2.45, 2.75) is 38.5 Å². The number of aliphatic carboxylic acids is 1. The molecule has 0 aliphatic carbocycles. The molecule has 3 rings (SSSR count). The highest BCUT2D eigenvalue weighted by Crippen LogP contribution is 2.19. The lowest BCUT2D eigenvalue weighted by molar-refractivity contribution is -0.142. The first-order chi connectivity index (χ1) is 14.8. The third kappa shape index (κ3) is 5.63. The van der Waals surface area contributed by atoms with Crippen molar-refractivity contribution in [1.29, 1.82) is 0 Å². The number of para-hydroxylation sites is 1. The number of carbonyl (C=O) groups excluding carboxylic acids is 2. The van der Waals surface area contributed by atoms with Gasteiger partial charge in [0.1, 0.15) is 18.2 Å². The van der Waals surface area contributed by atoms with Crippen LogP contribution in [0.2, 0.25) is 0 Å². The number of hydrogen-bond donors (Lipinski definition) is 4. The first kappa shape index (κ1) is 21.9. The molecular weight excluding hydrogens is 398 g/mol. The molecule has 0 fully saturated rings. The number of aromatic amines is 1. The van der Waals surface area contributed by atoms with Gasteiger partial charge in [-0.2, -0.15) is 0 Å². The van der Waals surface area contributed by atoms with Gasteiger partial charge in [-0.3, -0.25) is 4.79 Å². The fourth-order valence-electron chi connectivity index (χ4n) is 3.13. The second-order valence-electron chi connectivity index (χ2n) is 7.74. The molecule has 0 saturated carbocycles. The quantitative estimate of drug-likeness (QED) is 0.444. The van der Waals surface area contributed by atoms with E-state index in [1.165, 1.54) is 13.8 Å². The molecule has 8 heteroatoms. The van der Waals surface area contributed by atoms with E-state index in [0.717, 1.165) is 22.0 Å². The maximum Gasteiger partial charge on any atom is 0.408 e. The Kier molecular flexibility index (Phi) is 6.59. The summed E-state index contributed by atoms with van der Waals surface area (Å²) in [5.41, 5.74) is 1.10. The maximum absolute atomic E-state index is 12.7. The monoisotopic (exact) mass is 423 g/mol. The van der Waals surface area contributed by atoms with Crippen LogP contribution in [0, 0.1) is 0 Å². The van der Waals surface area contributed by atoms with E-state index in [2.05, 4.69) is 15.6 Å². The summed E-state index contributed by atoms with van der Waals surface area (Å²) in [7, 11) is 0. The molecule has 8 nitrogen and oxygen atoms in total. The highest BCUT2D eigenvalue weighted by Gasteiger charge is 2.33. The third-order valence-electron chi connectivity index (χ3n) is 4.90. The number of hydrogen-bond acceptors (Lipinski definition) is 4. The van der Waals surface area contributed by atoms with Crippen LogP contribution in [-0.4, -0.2) is 39.6 Å². The molecule has 162 valence electrons. The summed E-state index contributed by atoms with van der Waals surface area (Å²) in [5, 5.41) is 15.5. The van der Waals surface area contributed by atoms with Gasteiger partial charge in [0.05, 0.1) is 0 Å². The minimum absolute atomic E-state index is 0.0582. The standard InChI is InChI=1S/C23H25N3O5/c1-23(2,26-22(30)31-14-15-8-4-3-5-9-15)21(29)25-19(20(27)28)12-16-13-24-18-11-7-6-10-17(16)18/h3-11,13,19,24H,12,14H2,1-2H3,(H,25,29)(H,26,30)(H,27,28). The molecule has 1 aromatic heterocycles. The van der Waals surface area contributed by atoms with Gasteiger partial charge < -0.3 is 25.5 Å². The molecule has 0 spiro atoms. The Labute approximate surface area is 179 Å². The first-order valence-electron chi connectivity index (χ1n) is 9.84. The van der Waals surface area contributed by atoms with E-state index in [1.807, 2.05) is 54.6 Å². The van der Waals surface area contributed by atoms with Gasteiger partial charge in [-0.1, -0.05) is 48.5 Å². The Bertz CT molecular complexity index is 1080. The summed E-state index contributed by atoms with van der Waals surface area (Å²) >= 11 is 0. The van der Waals surface area contributed by atoms with Crippen molar-refractivity contribution < 1.29 is 24.2 Å². The van der Waals surface area contributed by atoms with Crippen molar-refractivity contribution in [3.63, 3.8) is 0 Å². The number of benzene rings is 2. The Hall–Kier alpha value is -3.81. The molecule has 2 aromatic carbocycles. The molecule has 1 unspecified atom stereocenters. The van der Waals surface area contributed by atoms with Crippen LogP contribution in [0.1, 0.15) is 25.0 Å². The number of carbonyl (C=O) groups is 3. The number of fused-ring (bicyclic) bond motifs is 1. The molecular formula is C23H25N3O5. The predicted molar refractivity (Wildman–Crippen MR) is 115 cm³/mol. The first-order valence-corrected chi connectivity index (χ1v) is 9.84. The van der Waals surface area contributed by atoms with E-state index in [4.69, 9.17) is 4.74 Å². The molecule has 1 atom stereocenters. The van der Waals surface area contributed by atoms with Gasteiger partial charge in [-0.15, -0.1) is 0 Å². The van der Waals surface area contributed by atoms with Gasteiger partial charge in [0.15, 0.2) is 0 Å².